The van der Waals surface area contributed by atoms with Gasteiger partial charge >= 0.3 is 0 Å². The van der Waals surface area contributed by atoms with E-state index >= 15 is 0 Å². The van der Waals surface area contributed by atoms with Crippen molar-refractivity contribution in [1.82, 2.24) is 0 Å². The van der Waals surface area contributed by atoms with Crippen LogP contribution in [0.2, 0.25) is 0 Å². The number of likely N-dealkylation sites (N-methyl/N-ethyl adjacent to an activating group) is 1. The van der Waals surface area contributed by atoms with Crippen LogP contribution in [0.25, 0.3) is 0 Å². The second kappa shape index (κ2) is 5.15. The van der Waals surface area contributed by atoms with Crippen LogP contribution in [-0.2, 0) is 14.9 Å². The van der Waals surface area contributed by atoms with Gasteiger partial charge in [0.25, 0.3) is 0 Å². The summed E-state index contributed by atoms with van der Waals surface area (Å²) < 4.78 is 7.25. The molecule has 6 rings (SSSR count). The Bertz CT molecular complexity index is 867. The van der Waals surface area contributed by atoms with Crippen LogP contribution in [0.5, 0.6) is 0 Å². The number of fused-ring (bicyclic) bond motifs is 2. The van der Waals surface area contributed by atoms with Crippen LogP contribution in [0.1, 0.15) is 24.8 Å². The number of benzene rings is 1. The zero-order valence-corrected chi connectivity index (χ0v) is 15.7. The Morgan fingerprint density at radius 1 is 1.41 bits per heavy atom. The lowest BCUT2D eigenvalue weighted by Gasteiger charge is -2.57. The van der Waals surface area contributed by atoms with Gasteiger partial charge in [-0.2, -0.15) is 0 Å². The number of quaternary nitrogens is 1. The fourth-order valence-electron chi connectivity index (χ4n) is 7.57. The van der Waals surface area contributed by atoms with Crippen molar-refractivity contribution in [1.29, 1.82) is 0 Å². The molecule has 1 N–H and O–H groups in total. The maximum absolute atomic E-state index is 11.5. The number of nitrogens with one attached hydrogen (secondary N) is 1. The Balaban J connectivity index is 1.55. The molecule has 3 fully saturated rings. The molecule has 7 atom stereocenters. The third-order valence-electron chi connectivity index (χ3n) is 8.48. The molecule has 1 saturated carbocycles. The molecule has 5 nitrogen and oxygen atoms in total. The number of rotatable bonds is 2. The van der Waals surface area contributed by atoms with E-state index in [2.05, 4.69) is 42.7 Å². The number of carbonyl (C=O) groups excluding carboxylic acids is 1. The average Bonchev–Trinajstić information content (AvgIpc) is 3.08. The van der Waals surface area contributed by atoms with Crippen molar-refractivity contribution in [2.75, 3.05) is 32.1 Å². The Kier molecular flexibility index (Phi) is 3.08. The molecule has 0 amide bonds. The second-order valence-electron chi connectivity index (χ2n) is 9.48. The van der Waals surface area contributed by atoms with Crippen LogP contribution in [-0.4, -0.2) is 55.4 Å². The predicted molar refractivity (Wildman–Crippen MR) is 98.9 cm³/mol. The van der Waals surface area contributed by atoms with Crippen molar-refractivity contribution in [2.24, 2.45) is 11.8 Å². The van der Waals surface area contributed by atoms with Crippen molar-refractivity contribution < 1.29 is 19.1 Å². The van der Waals surface area contributed by atoms with Crippen LogP contribution in [0.3, 0.4) is 0 Å². The summed E-state index contributed by atoms with van der Waals surface area (Å²) in [6.07, 6.45) is 4.27. The lowest BCUT2D eigenvalue weighted by Crippen LogP contribution is -2.68. The van der Waals surface area contributed by atoms with Gasteiger partial charge in [-0.05, 0) is 23.1 Å². The Labute approximate surface area is 159 Å². The Morgan fingerprint density at radius 2 is 2.26 bits per heavy atom. The lowest BCUT2D eigenvalue weighted by molar-refractivity contribution is -0.924. The van der Waals surface area contributed by atoms with E-state index in [1.165, 1.54) is 23.4 Å². The molecule has 5 aliphatic rings. The van der Waals surface area contributed by atoms with Crippen LogP contribution in [0.15, 0.2) is 35.9 Å². The number of hydrogen-bond acceptors (Lipinski definition) is 4. The number of carbonyl (C=O) groups is 1. The van der Waals surface area contributed by atoms with Gasteiger partial charge in [-0.15, -0.1) is 0 Å². The molecule has 0 aromatic heterocycles. The summed E-state index contributed by atoms with van der Waals surface area (Å²) in [6, 6.07) is 9.58. The summed E-state index contributed by atoms with van der Waals surface area (Å²) in [6.45, 7) is 2.81. The zero-order valence-electron chi connectivity index (χ0n) is 15.7. The zero-order chi connectivity index (χ0) is 18.4. The molecule has 4 aliphatic heterocycles. The number of carboxylic acid groups (broad SMARTS) is 1. The van der Waals surface area contributed by atoms with Gasteiger partial charge < -0.3 is 24.4 Å². The van der Waals surface area contributed by atoms with E-state index in [0.717, 1.165) is 23.9 Å². The predicted octanol–water partition coefficient (Wildman–Crippen LogP) is 1.05. The van der Waals surface area contributed by atoms with Crippen LogP contribution in [0.4, 0.5) is 5.69 Å². The van der Waals surface area contributed by atoms with Gasteiger partial charge in [0.05, 0.1) is 31.7 Å². The van der Waals surface area contributed by atoms with E-state index in [1.54, 1.807) is 0 Å². The normalized spacial score (nSPS) is 46.0. The average molecular weight is 366 g/mol. The molecule has 1 aromatic carbocycles. The van der Waals surface area contributed by atoms with Crippen molar-refractivity contribution in [3.8, 4) is 0 Å². The van der Waals surface area contributed by atoms with E-state index in [-0.39, 0.29) is 29.9 Å². The van der Waals surface area contributed by atoms with E-state index in [9.17, 15) is 9.90 Å². The maximum atomic E-state index is 11.5. The van der Waals surface area contributed by atoms with Crippen LogP contribution >= 0.6 is 0 Å². The SMILES string of the molecule is C[N+]12CC[C@]34c5ccccc5N[C@H]3[C@@H]3C(CC(=O)[O-])OCC=C(C1)[C@@H]3C[C@@H]42. The molecule has 27 heavy (non-hydrogen) atoms. The smallest absolute Gasteiger partial charge is 0.102 e. The van der Waals surface area contributed by atoms with Gasteiger partial charge in [0.15, 0.2) is 0 Å². The summed E-state index contributed by atoms with van der Waals surface area (Å²) in [7, 11) is 2.43. The second-order valence-corrected chi connectivity index (χ2v) is 9.48. The first-order valence-corrected chi connectivity index (χ1v) is 10.2. The molecule has 5 heteroatoms. The number of piperidine rings is 1. The number of aliphatic carboxylic acids is 1. The summed E-state index contributed by atoms with van der Waals surface area (Å²) in [4.78, 5) is 11.5. The van der Waals surface area contributed by atoms with Crippen LogP contribution in [0, 0.1) is 11.8 Å². The summed E-state index contributed by atoms with van der Waals surface area (Å²) in [5.41, 5.74) is 4.28. The summed E-state index contributed by atoms with van der Waals surface area (Å²) in [5, 5.41) is 15.4. The highest BCUT2D eigenvalue weighted by Gasteiger charge is 2.71. The number of para-hydroxylation sites is 1. The minimum absolute atomic E-state index is 0.0102. The number of ether oxygens (including phenoxy) is 1. The largest absolute Gasteiger partial charge is 0.550 e. The van der Waals surface area contributed by atoms with E-state index in [1.807, 2.05) is 0 Å². The van der Waals surface area contributed by atoms with Crippen molar-refractivity contribution >= 4 is 11.7 Å². The molecule has 1 aliphatic carbocycles. The fraction of sp³-hybridized carbons (Fsp3) is 0.591. The topological polar surface area (TPSA) is 61.4 Å². The Hall–Kier alpha value is -1.85. The first-order valence-electron chi connectivity index (χ1n) is 10.2. The van der Waals surface area contributed by atoms with E-state index in [4.69, 9.17) is 4.74 Å². The minimum atomic E-state index is -1.00. The first-order chi connectivity index (χ1) is 13.0. The van der Waals surface area contributed by atoms with Gasteiger partial charge in [-0.25, -0.2) is 0 Å². The van der Waals surface area contributed by atoms with Gasteiger partial charge in [0.2, 0.25) is 0 Å². The monoisotopic (exact) mass is 366 g/mol. The summed E-state index contributed by atoms with van der Waals surface area (Å²) >= 11 is 0. The molecule has 4 heterocycles. The number of nitrogens with zero attached hydrogens (tertiary/aromatic N) is 1. The third kappa shape index (κ3) is 1.89. The maximum Gasteiger partial charge on any atom is 0.102 e. The molecule has 1 aromatic rings. The molecule has 142 valence electrons. The number of anilines is 1. The highest BCUT2D eigenvalue weighted by molar-refractivity contribution is 5.67. The van der Waals surface area contributed by atoms with Crippen molar-refractivity contribution in [3.05, 3.63) is 41.5 Å². The van der Waals surface area contributed by atoms with Gasteiger partial charge in [0, 0.05) is 42.9 Å². The molecule has 0 radical (unpaired) electrons. The first kappa shape index (κ1) is 16.1. The highest BCUT2D eigenvalue weighted by Crippen LogP contribution is 2.64. The van der Waals surface area contributed by atoms with Crippen molar-refractivity contribution in [2.45, 2.75) is 42.9 Å². The standard InChI is InChI=1S/C22H26N2O3/c1-24-8-7-22-15-4-2-3-5-16(15)23-21(22)20-14(10-18(22)24)13(12-24)6-9-27-17(20)11-19(25)26/h2-6,14,17-18,20-21,23H,7-12H2,1H3/t14-,17?,18-,20-,21-,22+,24?/m0/s1. The van der Waals surface area contributed by atoms with Gasteiger partial charge in [-0.1, -0.05) is 24.3 Å². The molecular formula is C22H26N2O3. The number of carboxylic acids is 1. The number of hydrogen-bond donors (Lipinski definition) is 1. The summed E-state index contributed by atoms with van der Waals surface area (Å²) in [5.74, 6) is -0.392. The molecule has 1 spiro atoms. The minimum Gasteiger partial charge on any atom is -0.550 e. The van der Waals surface area contributed by atoms with Crippen molar-refractivity contribution in [3.63, 3.8) is 0 Å². The molecule has 2 saturated heterocycles. The third-order valence-corrected chi connectivity index (χ3v) is 8.48. The molecular weight excluding hydrogens is 340 g/mol. The van der Waals surface area contributed by atoms with Crippen LogP contribution < -0.4 is 10.4 Å². The fourth-order valence-corrected chi connectivity index (χ4v) is 7.57. The quantitative estimate of drug-likeness (QED) is 0.628. The molecule has 2 bridgehead atoms. The van der Waals surface area contributed by atoms with E-state index < -0.39 is 5.97 Å². The van der Waals surface area contributed by atoms with E-state index in [0.29, 0.717) is 18.6 Å². The lowest BCUT2D eigenvalue weighted by atomic mass is 9.54. The highest BCUT2D eigenvalue weighted by atomic mass is 16.5. The molecule has 2 unspecified atom stereocenters. The Morgan fingerprint density at radius 3 is 3.11 bits per heavy atom. The van der Waals surface area contributed by atoms with Gasteiger partial charge in [-0.3, -0.25) is 0 Å². The van der Waals surface area contributed by atoms with Gasteiger partial charge in [0.1, 0.15) is 12.6 Å².